The van der Waals surface area contributed by atoms with Gasteiger partial charge in [-0.05, 0) is 42.3 Å². The molecule has 36 heavy (non-hydrogen) atoms. The Hall–Kier alpha value is -3.38. The second-order valence-electron chi connectivity index (χ2n) is 10.9. The Kier molecular flexibility index (Phi) is 4.74. The SMILES string of the molecule is C/C=C1/C[N+]2(CC(=O)c3ccc4c(c3)OCCCO4)CC[C@]34C(=C(C=O)[C@H]1C[C@H]32)Nc1ccccc14. The molecule has 0 amide bonds. The smallest absolute Gasteiger partial charge is 0.217 e. The lowest BCUT2D eigenvalue weighted by Crippen LogP contribution is -2.64. The van der Waals surface area contributed by atoms with E-state index in [0.29, 0.717) is 36.8 Å². The molecule has 1 unspecified atom stereocenters. The number of ether oxygens (including phenoxy) is 2. The Morgan fingerprint density at radius 2 is 2.00 bits per heavy atom. The Bertz CT molecular complexity index is 1360. The first kappa shape index (κ1) is 21.9. The molecule has 4 heterocycles. The average Bonchev–Trinajstić information content (AvgIpc) is 3.31. The topological polar surface area (TPSA) is 64.6 Å². The summed E-state index contributed by atoms with van der Waals surface area (Å²) in [5.41, 5.74) is 6.12. The molecule has 184 valence electrons. The number of carbonyl (C=O) groups excluding carboxylic acids is 2. The van der Waals surface area contributed by atoms with Gasteiger partial charge >= 0.3 is 0 Å². The van der Waals surface area contributed by atoms with E-state index in [9.17, 15) is 9.59 Å². The Labute approximate surface area is 211 Å². The van der Waals surface area contributed by atoms with Crippen molar-refractivity contribution in [3.63, 3.8) is 0 Å². The molecular weight excluding hydrogens is 452 g/mol. The predicted molar refractivity (Wildman–Crippen MR) is 136 cm³/mol. The number of allylic oxidation sites excluding steroid dienone is 2. The van der Waals surface area contributed by atoms with Crippen molar-refractivity contribution >= 4 is 17.8 Å². The van der Waals surface area contributed by atoms with E-state index in [0.717, 1.165) is 60.1 Å². The van der Waals surface area contributed by atoms with Crippen LogP contribution in [0.2, 0.25) is 0 Å². The number of fused-ring (bicyclic) bond motifs is 3. The molecular formula is C30H31N2O4+. The van der Waals surface area contributed by atoms with Gasteiger partial charge in [0.2, 0.25) is 5.78 Å². The van der Waals surface area contributed by atoms with Crippen LogP contribution in [0.3, 0.4) is 0 Å². The van der Waals surface area contributed by atoms with Gasteiger partial charge in [-0.3, -0.25) is 9.59 Å². The quantitative estimate of drug-likeness (QED) is 0.302. The lowest BCUT2D eigenvalue weighted by molar-refractivity contribution is -0.934. The van der Waals surface area contributed by atoms with Crippen LogP contribution in [0.1, 0.15) is 42.1 Å². The number of anilines is 1. The highest BCUT2D eigenvalue weighted by Crippen LogP contribution is 2.63. The molecule has 0 aromatic heterocycles. The predicted octanol–water partition coefficient (Wildman–Crippen LogP) is 4.42. The summed E-state index contributed by atoms with van der Waals surface area (Å²) in [4.78, 5) is 26.3. The van der Waals surface area contributed by atoms with E-state index >= 15 is 0 Å². The molecule has 2 aromatic rings. The number of nitrogens with zero attached hydrogens (tertiary/aromatic N) is 1. The van der Waals surface area contributed by atoms with E-state index in [4.69, 9.17) is 9.47 Å². The molecule has 2 bridgehead atoms. The number of nitrogens with one attached hydrogen (secondary N) is 1. The second kappa shape index (κ2) is 7.81. The van der Waals surface area contributed by atoms with Crippen LogP contribution < -0.4 is 14.8 Å². The molecule has 6 heteroatoms. The van der Waals surface area contributed by atoms with Crippen LogP contribution in [-0.4, -0.2) is 55.4 Å². The van der Waals surface area contributed by atoms with Crippen molar-refractivity contribution in [1.29, 1.82) is 0 Å². The summed E-state index contributed by atoms with van der Waals surface area (Å²) in [6.07, 6.45) is 5.94. The standard InChI is InChI=1S/C30H30N2O4/c1-2-19-16-32(17-25(34)20-8-9-26-27(14-20)36-13-5-12-35-26)11-10-30-23-6-3-4-7-24(23)31-29(30)22(18-33)21(19)15-28(30)32/h2-4,6-9,14,18,21,28H,5,10-13,15-17H2,1H3/p+1/b19-2-/t21-,28+,30+,32?/m0/s1. The minimum absolute atomic E-state index is 0.125. The highest BCUT2D eigenvalue weighted by Gasteiger charge is 2.68. The fraction of sp³-hybridized carbons (Fsp3) is 0.400. The number of rotatable bonds is 4. The number of hydrogen-bond donors (Lipinski definition) is 1. The number of para-hydroxylation sites is 1. The molecule has 7 rings (SSSR count). The first-order valence-electron chi connectivity index (χ1n) is 13.1. The zero-order chi connectivity index (χ0) is 24.5. The van der Waals surface area contributed by atoms with Crippen LogP contribution in [0.4, 0.5) is 5.69 Å². The van der Waals surface area contributed by atoms with Crippen molar-refractivity contribution in [3.8, 4) is 11.5 Å². The van der Waals surface area contributed by atoms with E-state index in [1.165, 1.54) is 11.1 Å². The molecule has 1 spiro atoms. The fourth-order valence-electron chi connectivity index (χ4n) is 7.84. The Morgan fingerprint density at radius 3 is 2.83 bits per heavy atom. The minimum Gasteiger partial charge on any atom is -0.490 e. The van der Waals surface area contributed by atoms with Gasteiger partial charge in [-0.15, -0.1) is 0 Å². The molecule has 4 atom stereocenters. The lowest BCUT2D eigenvalue weighted by Gasteiger charge is -2.53. The minimum atomic E-state index is -0.229. The molecule has 2 aromatic carbocycles. The van der Waals surface area contributed by atoms with E-state index in [1.807, 2.05) is 18.2 Å². The number of quaternary nitrogens is 1. The molecule has 4 aliphatic heterocycles. The molecule has 0 saturated carbocycles. The highest BCUT2D eigenvalue weighted by atomic mass is 16.5. The molecule has 0 radical (unpaired) electrons. The number of hydrogen-bond acceptors (Lipinski definition) is 5. The maximum Gasteiger partial charge on any atom is 0.217 e. The van der Waals surface area contributed by atoms with Gasteiger partial charge in [0, 0.05) is 47.7 Å². The fourth-order valence-corrected chi connectivity index (χ4v) is 7.84. The summed E-state index contributed by atoms with van der Waals surface area (Å²) in [7, 11) is 0. The number of piperidine rings is 1. The van der Waals surface area contributed by atoms with Gasteiger partial charge in [-0.1, -0.05) is 24.3 Å². The number of benzene rings is 2. The molecule has 6 nitrogen and oxygen atoms in total. The van der Waals surface area contributed by atoms with Gasteiger partial charge in [-0.2, -0.15) is 0 Å². The molecule has 5 aliphatic rings. The van der Waals surface area contributed by atoms with Crippen LogP contribution in [0.5, 0.6) is 11.5 Å². The lowest BCUT2D eigenvalue weighted by atomic mass is 9.61. The normalized spacial score (nSPS) is 32.4. The largest absolute Gasteiger partial charge is 0.490 e. The Balaban J connectivity index is 1.31. The maximum absolute atomic E-state index is 13.9. The number of carbonyl (C=O) groups is 2. The first-order chi connectivity index (χ1) is 17.6. The van der Waals surface area contributed by atoms with E-state index < -0.39 is 0 Å². The van der Waals surface area contributed by atoms with Crippen LogP contribution in [0.25, 0.3) is 0 Å². The van der Waals surface area contributed by atoms with Crippen LogP contribution >= 0.6 is 0 Å². The average molecular weight is 484 g/mol. The zero-order valence-corrected chi connectivity index (χ0v) is 20.6. The third kappa shape index (κ3) is 2.82. The summed E-state index contributed by atoms with van der Waals surface area (Å²) in [5, 5.41) is 3.67. The maximum atomic E-state index is 13.9. The van der Waals surface area contributed by atoms with Gasteiger partial charge in [0.15, 0.2) is 11.5 Å². The first-order valence-corrected chi connectivity index (χ1v) is 13.1. The van der Waals surface area contributed by atoms with Gasteiger partial charge in [0.1, 0.15) is 25.4 Å². The summed E-state index contributed by atoms with van der Waals surface area (Å²) < 4.78 is 12.4. The van der Waals surface area contributed by atoms with Gasteiger partial charge in [0.05, 0.1) is 25.2 Å². The monoisotopic (exact) mass is 483 g/mol. The number of Topliss-reactive ketones (excluding diaryl/α,β-unsaturated/α-hetero) is 1. The van der Waals surface area contributed by atoms with Gasteiger partial charge in [0.25, 0.3) is 0 Å². The van der Waals surface area contributed by atoms with E-state index in [-0.39, 0.29) is 23.2 Å². The van der Waals surface area contributed by atoms with Crippen molar-refractivity contribution < 1.29 is 23.5 Å². The van der Waals surface area contributed by atoms with Crippen molar-refractivity contribution in [2.24, 2.45) is 5.92 Å². The summed E-state index contributed by atoms with van der Waals surface area (Å²) in [6.45, 7) is 5.47. The molecule has 2 fully saturated rings. The van der Waals surface area contributed by atoms with Crippen molar-refractivity contribution in [3.05, 3.63) is 76.5 Å². The van der Waals surface area contributed by atoms with E-state index in [2.05, 4.69) is 42.6 Å². The van der Waals surface area contributed by atoms with E-state index in [1.54, 1.807) is 0 Å². The number of aldehydes is 1. The van der Waals surface area contributed by atoms with Crippen LogP contribution in [0.15, 0.2) is 65.4 Å². The third-order valence-electron chi connectivity index (χ3n) is 9.39. The van der Waals surface area contributed by atoms with Crippen molar-refractivity contribution in [2.45, 2.75) is 37.6 Å². The second-order valence-corrected chi connectivity index (χ2v) is 10.9. The van der Waals surface area contributed by atoms with Gasteiger partial charge in [-0.25, -0.2) is 0 Å². The van der Waals surface area contributed by atoms with Crippen molar-refractivity contribution in [1.82, 2.24) is 0 Å². The van der Waals surface area contributed by atoms with Crippen molar-refractivity contribution in [2.75, 3.05) is 38.2 Å². The molecule has 2 saturated heterocycles. The zero-order valence-electron chi connectivity index (χ0n) is 20.6. The summed E-state index contributed by atoms with van der Waals surface area (Å²) in [6, 6.07) is 14.4. The van der Waals surface area contributed by atoms with Crippen LogP contribution in [-0.2, 0) is 10.2 Å². The number of ketones is 1. The van der Waals surface area contributed by atoms with Gasteiger partial charge < -0.3 is 19.3 Å². The summed E-state index contributed by atoms with van der Waals surface area (Å²) >= 11 is 0. The summed E-state index contributed by atoms with van der Waals surface area (Å²) in [5.74, 6) is 1.64. The molecule has 1 aliphatic carbocycles. The third-order valence-corrected chi connectivity index (χ3v) is 9.39. The Morgan fingerprint density at radius 1 is 1.17 bits per heavy atom. The molecule has 1 N–H and O–H groups in total. The van der Waals surface area contributed by atoms with Crippen LogP contribution in [0, 0.1) is 5.92 Å². The highest BCUT2D eigenvalue weighted by molar-refractivity contribution is 5.97.